The summed E-state index contributed by atoms with van der Waals surface area (Å²) >= 11 is 5.88. The van der Waals surface area contributed by atoms with Gasteiger partial charge in [0.2, 0.25) is 0 Å². The Kier molecular flexibility index (Phi) is 4.66. The van der Waals surface area contributed by atoms with E-state index in [2.05, 4.69) is 15.5 Å². The maximum absolute atomic E-state index is 12.4. The number of amides is 1. The summed E-state index contributed by atoms with van der Waals surface area (Å²) in [6.07, 6.45) is 5.02. The van der Waals surface area contributed by atoms with Crippen molar-refractivity contribution >= 4 is 23.2 Å². The summed E-state index contributed by atoms with van der Waals surface area (Å²) in [5, 5.41) is 12.0. The van der Waals surface area contributed by atoms with Crippen molar-refractivity contribution in [2.24, 2.45) is 0 Å². The minimum atomic E-state index is -0.182. The van der Waals surface area contributed by atoms with Crippen LogP contribution >= 0.6 is 11.6 Å². The van der Waals surface area contributed by atoms with Gasteiger partial charge in [-0.1, -0.05) is 23.7 Å². The minimum absolute atomic E-state index is 0.182. The number of nitrogens with one attached hydrogen (secondary N) is 1. The Morgan fingerprint density at radius 3 is 2.62 bits per heavy atom. The first-order valence-electron chi connectivity index (χ1n) is 7.67. The van der Waals surface area contributed by atoms with Crippen LogP contribution in [0.4, 0.5) is 5.69 Å². The van der Waals surface area contributed by atoms with Crippen LogP contribution in [0.3, 0.4) is 0 Å². The van der Waals surface area contributed by atoms with E-state index in [1.807, 2.05) is 38.1 Å². The zero-order valence-electron chi connectivity index (χ0n) is 13.5. The Labute approximate surface area is 145 Å². The highest BCUT2D eigenvalue weighted by Crippen LogP contribution is 2.14. The highest BCUT2D eigenvalue weighted by atomic mass is 35.5. The maximum atomic E-state index is 12.4. The molecule has 7 heteroatoms. The van der Waals surface area contributed by atoms with E-state index in [4.69, 9.17) is 11.6 Å². The van der Waals surface area contributed by atoms with E-state index in [-0.39, 0.29) is 5.91 Å². The van der Waals surface area contributed by atoms with E-state index in [0.29, 0.717) is 22.8 Å². The van der Waals surface area contributed by atoms with Gasteiger partial charge in [-0.05, 0) is 31.5 Å². The van der Waals surface area contributed by atoms with Gasteiger partial charge in [0.05, 0.1) is 30.2 Å². The number of anilines is 1. The SMILES string of the molecule is CCn1ncc(C(=O)Nc2cnn(Cc3ccc(Cl)cc3)c2)c1C. The van der Waals surface area contributed by atoms with Crippen LogP contribution in [0.25, 0.3) is 0 Å². The van der Waals surface area contributed by atoms with Gasteiger partial charge >= 0.3 is 0 Å². The molecule has 0 unspecified atom stereocenters. The van der Waals surface area contributed by atoms with E-state index in [1.165, 1.54) is 0 Å². The lowest BCUT2D eigenvalue weighted by Crippen LogP contribution is -2.13. The van der Waals surface area contributed by atoms with Crippen molar-refractivity contribution in [3.63, 3.8) is 0 Å². The third-order valence-corrected chi connectivity index (χ3v) is 4.05. The van der Waals surface area contributed by atoms with Gasteiger partial charge in [-0.2, -0.15) is 10.2 Å². The van der Waals surface area contributed by atoms with Crippen molar-refractivity contribution in [3.8, 4) is 0 Å². The van der Waals surface area contributed by atoms with E-state index >= 15 is 0 Å². The molecule has 0 saturated heterocycles. The number of halogens is 1. The van der Waals surface area contributed by atoms with Crippen LogP contribution in [0.5, 0.6) is 0 Å². The number of nitrogens with zero attached hydrogens (tertiary/aromatic N) is 4. The molecular formula is C17H18ClN5O. The van der Waals surface area contributed by atoms with Gasteiger partial charge in [0.25, 0.3) is 5.91 Å². The summed E-state index contributed by atoms with van der Waals surface area (Å²) in [6, 6.07) is 7.59. The predicted molar refractivity (Wildman–Crippen MR) is 93.4 cm³/mol. The van der Waals surface area contributed by atoms with Crippen LogP contribution in [0, 0.1) is 6.92 Å². The molecule has 24 heavy (non-hydrogen) atoms. The van der Waals surface area contributed by atoms with Gasteiger partial charge in [0, 0.05) is 23.5 Å². The number of benzene rings is 1. The summed E-state index contributed by atoms with van der Waals surface area (Å²) in [5.74, 6) is -0.182. The Balaban J connectivity index is 1.68. The molecule has 1 N–H and O–H groups in total. The summed E-state index contributed by atoms with van der Waals surface area (Å²) in [4.78, 5) is 12.4. The van der Waals surface area contributed by atoms with E-state index in [9.17, 15) is 4.79 Å². The van der Waals surface area contributed by atoms with E-state index in [0.717, 1.165) is 17.8 Å². The first-order chi connectivity index (χ1) is 11.6. The summed E-state index contributed by atoms with van der Waals surface area (Å²) in [7, 11) is 0. The second-order valence-corrected chi connectivity index (χ2v) is 5.90. The van der Waals surface area contributed by atoms with Gasteiger partial charge < -0.3 is 5.32 Å². The normalized spacial score (nSPS) is 10.8. The van der Waals surface area contributed by atoms with Crippen LogP contribution < -0.4 is 5.32 Å². The third-order valence-electron chi connectivity index (χ3n) is 3.80. The van der Waals surface area contributed by atoms with E-state index < -0.39 is 0 Å². The van der Waals surface area contributed by atoms with Gasteiger partial charge in [0.1, 0.15) is 0 Å². The first-order valence-corrected chi connectivity index (χ1v) is 8.05. The quantitative estimate of drug-likeness (QED) is 0.772. The molecule has 0 atom stereocenters. The lowest BCUT2D eigenvalue weighted by molar-refractivity contribution is 0.102. The Bertz CT molecular complexity index is 850. The highest BCUT2D eigenvalue weighted by molar-refractivity contribution is 6.30. The Morgan fingerprint density at radius 2 is 1.96 bits per heavy atom. The zero-order valence-corrected chi connectivity index (χ0v) is 14.3. The molecule has 3 rings (SSSR count). The number of carbonyl (C=O) groups is 1. The van der Waals surface area contributed by atoms with Crippen LogP contribution in [-0.4, -0.2) is 25.5 Å². The zero-order chi connectivity index (χ0) is 17.1. The molecule has 0 aliphatic rings. The van der Waals surface area contributed by atoms with Crippen LogP contribution in [-0.2, 0) is 13.1 Å². The maximum Gasteiger partial charge on any atom is 0.259 e. The van der Waals surface area contributed by atoms with E-state index in [1.54, 1.807) is 28.0 Å². The van der Waals surface area contributed by atoms with Crippen molar-refractivity contribution in [1.82, 2.24) is 19.6 Å². The standard InChI is InChI=1S/C17H18ClN5O/c1-3-23-12(2)16(9-20-23)17(24)21-15-8-19-22(11-15)10-13-4-6-14(18)7-5-13/h4-9,11H,3,10H2,1-2H3,(H,21,24). The molecule has 1 amide bonds. The minimum Gasteiger partial charge on any atom is -0.319 e. The molecule has 0 bridgehead atoms. The second kappa shape index (κ2) is 6.88. The Morgan fingerprint density at radius 1 is 1.21 bits per heavy atom. The molecule has 0 fully saturated rings. The lowest BCUT2D eigenvalue weighted by atomic mass is 10.2. The molecule has 124 valence electrons. The number of rotatable bonds is 5. The number of aryl methyl sites for hydroxylation is 1. The van der Waals surface area contributed by atoms with Crippen molar-refractivity contribution in [1.29, 1.82) is 0 Å². The number of carbonyl (C=O) groups excluding carboxylic acids is 1. The van der Waals surface area contributed by atoms with Gasteiger partial charge in [0.15, 0.2) is 0 Å². The summed E-state index contributed by atoms with van der Waals surface area (Å²) < 4.78 is 3.56. The fourth-order valence-electron chi connectivity index (χ4n) is 2.48. The van der Waals surface area contributed by atoms with Gasteiger partial charge in [-0.15, -0.1) is 0 Å². The summed E-state index contributed by atoms with van der Waals surface area (Å²) in [6.45, 7) is 5.22. The average Bonchev–Trinajstić information content (AvgIpc) is 3.16. The number of hydrogen-bond donors (Lipinski definition) is 1. The molecule has 0 spiro atoms. The molecule has 6 nitrogen and oxygen atoms in total. The van der Waals surface area contributed by atoms with Crippen molar-refractivity contribution in [2.45, 2.75) is 26.9 Å². The topological polar surface area (TPSA) is 64.7 Å². The molecule has 2 heterocycles. The molecule has 0 aliphatic heterocycles. The fraction of sp³-hybridized carbons (Fsp3) is 0.235. The van der Waals surface area contributed by atoms with Crippen molar-refractivity contribution in [3.05, 3.63) is 64.7 Å². The van der Waals surface area contributed by atoms with Crippen LogP contribution in [0.2, 0.25) is 5.02 Å². The monoisotopic (exact) mass is 343 g/mol. The van der Waals surface area contributed by atoms with Crippen molar-refractivity contribution in [2.75, 3.05) is 5.32 Å². The van der Waals surface area contributed by atoms with Crippen LogP contribution in [0.1, 0.15) is 28.5 Å². The molecule has 3 aromatic rings. The van der Waals surface area contributed by atoms with Gasteiger partial charge in [-0.3, -0.25) is 14.2 Å². The highest BCUT2D eigenvalue weighted by Gasteiger charge is 2.14. The molecule has 0 radical (unpaired) electrons. The third kappa shape index (κ3) is 3.49. The second-order valence-electron chi connectivity index (χ2n) is 5.47. The predicted octanol–water partition coefficient (Wildman–Crippen LogP) is 3.36. The number of hydrogen-bond acceptors (Lipinski definition) is 3. The fourth-order valence-corrected chi connectivity index (χ4v) is 2.60. The van der Waals surface area contributed by atoms with Gasteiger partial charge in [-0.25, -0.2) is 0 Å². The number of aromatic nitrogens is 4. The van der Waals surface area contributed by atoms with Crippen molar-refractivity contribution < 1.29 is 4.79 Å². The average molecular weight is 344 g/mol. The lowest BCUT2D eigenvalue weighted by Gasteiger charge is -2.03. The summed E-state index contributed by atoms with van der Waals surface area (Å²) in [5.41, 5.74) is 3.16. The molecule has 2 aromatic heterocycles. The Hall–Kier alpha value is -2.60. The molecule has 1 aromatic carbocycles. The first kappa shape index (κ1) is 16.3. The smallest absolute Gasteiger partial charge is 0.259 e. The molecule has 0 saturated carbocycles. The molecular weight excluding hydrogens is 326 g/mol. The largest absolute Gasteiger partial charge is 0.319 e. The molecule has 0 aliphatic carbocycles. The van der Waals surface area contributed by atoms with Crippen LogP contribution in [0.15, 0.2) is 42.9 Å².